The molecule has 156 valence electrons. The molecule has 1 aliphatic heterocycles. The second-order valence-electron chi connectivity index (χ2n) is 7.59. The number of nitrogens with zero attached hydrogens (tertiary/aromatic N) is 1. The minimum Gasteiger partial charge on any atom is -0.356 e. The molecule has 1 amide bonds. The monoisotopic (exact) mass is 418 g/mol. The van der Waals surface area contributed by atoms with Crippen molar-refractivity contribution in [2.75, 3.05) is 19.6 Å². The van der Waals surface area contributed by atoms with Crippen LogP contribution in [0.15, 0.2) is 47.4 Å². The summed E-state index contributed by atoms with van der Waals surface area (Å²) >= 11 is 0. The second kappa shape index (κ2) is 9.05. The van der Waals surface area contributed by atoms with E-state index in [1.807, 2.05) is 19.9 Å². The SMILES string of the molecule is Cc1ccc(S(=O)(=O)N2CCC(C(=O)NCCc3ccc(F)cc3)CC2)cc1C. The molecule has 0 unspecified atom stereocenters. The second-order valence-corrected chi connectivity index (χ2v) is 9.53. The van der Waals surface area contributed by atoms with Gasteiger partial charge in [-0.2, -0.15) is 4.31 Å². The number of halogens is 1. The molecular formula is C22H27FN2O3S. The molecule has 0 radical (unpaired) electrons. The topological polar surface area (TPSA) is 66.5 Å². The van der Waals surface area contributed by atoms with Gasteiger partial charge in [-0.15, -0.1) is 0 Å². The van der Waals surface area contributed by atoms with Crippen LogP contribution in [0.4, 0.5) is 4.39 Å². The summed E-state index contributed by atoms with van der Waals surface area (Å²) < 4.78 is 40.2. The van der Waals surface area contributed by atoms with Crippen molar-refractivity contribution in [3.8, 4) is 0 Å². The lowest BCUT2D eigenvalue weighted by Crippen LogP contribution is -2.43. The average Bonchev–Trinajstić information content (AvgIpc) is 2.71. The Bertz CT molecular complexity index is 966. The number of benzene rings is 2. The molecule has 1 N–H and O–H groups in total. The fourth-order valence-electron chi connectivity index (χ4n) is 3.51. The maximum Gasteiger partial charge on any atom is 0.243 e. The van der Waals surface area contributed by atoms with Gasteiger partial charge in [0.2, 0.25) is 15.9 Å². The molecule has 0 aromatic heterocycles. The van der Waals surface area contributed by atoms with Gasteiger partial charge in [-0.1, -0.05) is 18.2 Å². The molecule has 29 heavy (non-hydrogen) atoms. The minimum absolute atomic E-state index is 0.0460. The van der Waals surface area contributed by atoms with Crippen molar-refractivity contribution in [2.45, 2.75) is 38.0 Å². The van der Waals surface area contributed by atoms with Gasteiger partial charge in [0.05, 0.1) is 4.90 Å². The molecular weight excluding hydrogens is 391 g/mol. The van der Waals surface area contributed by atoms with Gasteiger partial charge in [0.25, 0.3) is 0 Å². The van der Waals surface area contributed by atoms with E-state index >= 15 is 0 Å². The highest BCUT2D eigenvalue weighted by atomic mass is 32.2. The van der Waals surface area contributed by atoms with Gasteiger partial charge < -0.3 is 5.32 Å². The zero-order valence-electron chi connectivity index (χ0n) is 16.8. The zero-order chi connectivity index (χ0) is 21.0. The zero-order valence-corrected chi connectivity index (χ0v) is 17.6. The van der Waals surface area contributed by atoms with Gasteiger partial charge in [0.1, 0.15) is 5.82 Å². The van der Waals surface area contributed by atoms with Gasteiger partial charge in [-0.05, 0) is 74.1 Å². The van der Waals surface area contributed by atoms with Crippen LogP contribution >= 0.6 is 0 Å². The Morgan fingerprint density at radius 3 is 2.34 bits per heavy atom. The number of hydrogen-bond donors (Lipinski definition) is 1. The number of rotatable bonds is 6. The van der Waals surface area contributed by atoms with Gasteiger partial charge in [0, 0.05) is 25.6 Å². The summed E-state index contributed by atoms with van der Waals surface area (Å²) in [5.41, 5.74) is 2.96. The quantitative estimate of drug-likeness (QED) is 0.783. The number of carbonyl (C=O) groups is 1. The van der Waals surface area contributed by atoms with Crippen LogP contribution in [-0.2, 0) is 21.2 Å². The number of piperidine rings is 1. The van der Waals surface area contributed by atoms with Crippen molar-refractivity contribution in [3.63, 3.8) is 0 Å². The Kier molecular flexibility index (Phi) is 6.70. The highest BCUT2D eigenvalue weighted by Gasteiger charge is 2.32. The van der Waals surface area contributed by atoms with Gasteiger partial charge in [-0.25, -0.2) is 12.8 Å². The predicted molar refractivity (Wildman–Crippen MR) is 111 cm³/mol. The third-order valence-corrected chi connectivity index (χ3v) is 7.46. The molecule has 0 bridgehead atoms. The molecule has 2 aromatic carbocycles. The van der Waals surface area contributed by atoms with E-state index in [0.717, 1.165) is 16.7 Å². The van der Waals surface area contributed by atoms with E-state index in [4.69, 9.17) is 0 Å². The summed E-state index contributed by atoms with van der Waals surface area (Å²) in [6.07, 6.45) is 1.64. The third-order valence-electron chi connectivity index (χ3n) is 5.57. The third kappa shape index (κ3) is 5.22. The first kappa shape index (κ1) is 21.5. The first-order valence-corrected chi connectivity index (χ1v) is 11.3. The van der Waals surface area contributed by atoms with E-state index in [9.17, 15) is 17.6 Å². The van der Waals surface area contributed by atoms with Crippen LogP contribution in [0.1, 0.15) is 29.5 Å². The van der Waals surface area contributed by atoms with Crippen LogP contribution in [0.25, 0.3) is 0 Å². The van der Waals surface area contributed by atoms with Crippen molar-refractivity contribution in [1.82, 2.24) is 9.62 Å². The van der Waals surface area contributed by atoms with Crippen molar-refractivity contribution < 1.29 is 17.6 Å². The van der Waals surface area contributed by atoms with Crippen molar-refractivity contribution in [2.24, 2.45) is 5.92 Å². The standard InChI is InChI=1S/C22H27FN2O3S/c1-16-3-8-21(15-17(16)2)29(27,28)25-13-10-19(11-14-25)22(26)24-12-9-18-4-6-20(23)7-5-18/h3-8,15,19H,9-14H2,1-2H3,(H,24,26). The number of sulfonamides is 1. The number of carbonyl (C=O) groups excluding carboxylic acids is 1. The van der Waals surface area contributed by atoms with Gasteiger partial charge in [0.15, 0.2) is 0 Å². The summed E-state index contributed by atoms with van der Waals surface area (Å²) in [5, 5.41) is 2.91. The molecule has 0 saturated carbocycles. The smallest absolute Gasteiger partial charge is 0.243 e. The number of aryl methyl sites for hydroxylation is 2. The van der Waals surface area contributed by atoms with Crippen LogP contribution < -0.4 is 5.32 Å². The van der Waals surface area contributed by atoms with Gasteiger partial charge in [-0.3, -0.25) is 4.79 Å². The first-order valence-electron chi connectivity index (χ1n) is 9.87. The largest absolute Gasteiger partial charge is 0.356 e. The number of nitrogens with one attached hydrogen (secondary N) is 1. The Labute approximate surface area is 172 Å². The van der Waals surface area contributed by atoms with Gasteiger partial charge >= 0.3 is 0 Å². The molecule has 1 saturated heterocycles. The normalized spacial score (nSPS) is 16.0. The van der Waals surface area contributed by atoms with E-state index in [0.29, 0.717) is 43.8 Å². The molecule has 1 fully saturated rings. The van der Waals surface area contributed by atoms with E-state index in [-0.39, 0.29) is 17.6 Å². The Morgan fingerprint density at radius 1 is 1.07 bits per heavy atom. The Morgan fingerprint density at radius 2 is 1.72 bits per heavy atom. The summed E-state index contributed by atoms with van der Waals surface area (Å²) in [4.78, 5) is 12.7. The maximum atomic E-state index is 12.9. The average molecular weight is 419 g/mol. The lowest BCUT2D eigenvalue weighted by atomic mass is 9.97. The fraction of sp³-hybridized carbons (Fsp3) is 0.409. The van der Waals surface area contributed by atoms with E-state index in [1.54, 1.807) is 24.3 Å². The summed E-state index contributed by atoms with van der Waals surface area (Å²) in [7, 11) is -3.54. The van der Waals surface area contributed by atoms with E-state index in [2.05, 4.69) is 5.32 Å². The van der Waals surface area contributed by atoms with Crippen molar-refractivity contribution >= 4 is 15.9 Å². The number of hydrogen-bond acceptors (Lipinski definition) is 3. The fourth-order valence-corrected chi connectivity index (χ4v) is 5.06. The molecule has 0 aliphatic carbocycles. The predicted octanol–water partition coefficient (Wildman–Crippen LogP) is 3.20. The maximum absolute atomic E-state index is 12.9. The number of amides is 1. The molecule has 3 rings (SSSR count). The highest BCUT2D eigenvalue weighted by molar-refractivity contribution is 7.89. The van der Waals surface area contributed by atoms with Crippen LogP contribution in [0, 0.1) is 25.6 Å². The lowest BCUT2D eigenvalue weighted by molar-refractivity contribution is -0.126. The summed E-state index contributed by atoms with van der Waals surface area (Å²) in [6.45, 7) is 5.00. The lowest BCUT2D eigenvalue weighted by Gasteiger charge is -2.30. The molecule has 2 aromatic rings. The molecule has 1 aliphatic rings. The Hall–Kier alpha value is -2.25. The minimum atomic E-state index is -3.54. The Balaban J connectivity index is 1.50. The van der Waals surface area contributed by atoms with Crippen LogP contribution in [0.2, 0.25) is 0 Å². The molecule has 0 spiro atoms. The molecule has 0 atom stereocenters. The van der Waals surface area contributed by atoms with Crippen LogP contribution in [-0.4, -0.2) is 38.3 Å². The molecule has 1 heterocycles. The highest BCUT2D eigenvalue weighted by Crippen LogP contribution is 2.25. The van der Waals surface area contributed by atoms with Crippen molar-refractivity contribution in [3.05, 3.63) is 65.0 Å². The summed E-state index contributed by atoms with van der Waals surface area (Å²) in [5.74, 6) is -0.509. The molecule has 7 heteroatoms. The summed E-state index contributed by atoms with van der Waals surface area (Å²) in [6, 6.07) is 11.4. The van der Waals surface area contributed by atoms with E-state index in [1.165, 1.54) is 16.4 Å². The molecule has 5 nitrogen and oxygen atoms in total. The van der Waals surface area contributed by atoms with Crippen LogP contribution in [0.5, 0.6) is 0 Å². The van der Waals surface area contributed by atoms with E-state index < -0.39 is 10.0 Å². The van der Waals surface area contributed by atoms with Crippen LogP contribution in [0.3, 0.4) is 0 Å². The first-order chi connectivity index (χ1) is 13.8. The van der Waals surface area contributed by atoms with Crippen molar-refractivity contribution in [1.29, 1.82) is 0 Å².